The summed E-state index contributed by atoms with van der Waals surface area (Å²) >= 11 is 3.97. The monoisotopic (exact) mass is 682 g/mol. The molecule has 2 aliphatic rings. The van der Waals surface area contributed by atoms with Gasteiger partial charge in [0.2, 0.25) is 0 Å². The molecule has 1 fully saturated rings. The molecule has 43 heavy (non-hydrogen) atoms. The Morgan fingerprint density at radius 2 is 1.74 bits per heavy atom. The molecule has 0 radical (unpaired) electrons. The zero-order chi connectivity index (χ0) is 30.6. The molecule has 2 aromatic carbocycles. The summed E-state index contributed by atoms with van der Waals surface area (Å²) in [6, 6.07) is 4.01. The molecule has 0 spiro atoms. The quantitative estimate of drug-likeness (QED) is 0.218. The molecule has 4 aromatic rings. The molecule has 2 aliphatic heterocycles. The van der Waals surface area contributed by atoms with Gasteiger partial charge in [0.05, 0.1) is 22.1 Å². The van der Waals surface area contributed by atoms with Crippen LogP contribution in [-0.2, 0) is 12.7 Å². The zero-order valence-corrected chi connectivity index (χ0v) is 25.2. The summed E-state index contributed by atoms with van der Waals surface area (Å²) in [5.74, 6) is -1.95. The minimum atomic E-state index is -4.93. The Morgan fingerprint density at radius 3 is 2.42 bits per heavy atom. The van der Waals surface area contributed by atoms with Crippen LogP contribution in [0.3, 0.4) is 0 Å². The van der Waals surface area contributed by atoms with Crippen molar-refractivity contribution >= 4 is 44.4 Å². The Balaban J connectivity index is 1.66. The summed E-state index contributed by atoms with van der Waals surface area (Å²) in [6.45, 7) is 4.60. The molecule has 8 nitrogen and oxygen atoms in total. The largest absolute Gasteiger partial charge is 0.457 e. The number of benzene rings is 2. The van der Waals surface area contributed by atoms with Gasteiger partial charge in [0.25, 0.3) is 0 Å². The third-order valence-electron chi connectivity index (χ3n) is 7.25. The number of ether oxygens (including phenoxy) is 1. The highest BCUT2D eigenvalue weighted by Gasteiger charge is 2.40. The van der Waals surface area contributed by atoms with E-state index in [9.17, 15) is 22.4 Å². The minimum Gasteiger partial charge on any atom is -0.457 e. The van der Waals surface area contributed by atoms with E-state index >= 15 is 4.39 Å². The average molecular weight is 684 g/mol. The average Bonchev–Trinajstić information content (AvgIpc) is 3.13. The maximum Gasteiger partial charge on any atom is 0.417 e. The van der Waals surface area contributed by atoms with Crippen molar-refractivity contribution in [3.63, 3.8) is 0 Å². The number of hydrogen-bond acceptors (Lipinski definition) is 8. The van der Waals surface area contributed by atoms with Gasteiger partial charge in [0, 0.05) is 70.8 Å². The second kappa shape index (κ2) is 11.3. The van der Waals surface area contributed by atoms with Gasteiger partial charge in [0.1, 0.15) is 23.6 Å². The van der Waals surface area contributed by atoms with Crippen LogP contribution in [-0.4, -0.2) is 56.5 Å². The summed E-state index contributed by atoms with van der Waals surface area (Å²) in [7, 11) is 0. The molecular weight excluding hydrogens is 659 g/mol. The van der Waals surface area contributed by atoms with E-state index in [4.69, 9.17) is 4.74 Å². The van der Waals surface area contributed by atoms with Gasteiger partial charge >= 0.3 is 17.9 Å². The molecule has 1 N–H and O–H groups in total. The SMILES string of the molecule is C[C@@H]1CN(c2nc(=O)n3c4c(c(-c5cc(Br)c(F)cc5F)c(C(F)(F)F)cc24)SC[C@@H](Oc2ncccn2)C3)C[C@H](C)N1. The molecule has 3 atom stereocenters. The highest BCUT2D eigenvalue weighted by atomic mass is 79.9. The van der Waals surface area contributed by atoms with Crippen LogP contribution in [0, 0.1) is 11.6 Å². The van der Waals surface area contributed by atoms with Crippen molar-refractivity contribution in [2.24, 2.45) is 0 Å². The maximum absolute atomic E-state index is 15.3. The summed E-state index contributed by atoms with van der Waals surface area (Å²) in [6.07, 6.45) is -2.74. The number of piperazine rings is 1. The first-order chi connectivity index (χ1) is 20.4. The molecule has 2 aromatic heterocycles. The van der Waals surface area contributed by atoms with E-state index in [1.54, 1.807) is 11.0 Å². The van der Waals surface area contributed by atoms with E-state index in [0.29, 0.717) is 19.2 Å². The normalized spacial score (nSPS) is 20.7. The lowest BCUT2D eigenvalue weighted by Crippen LogP contribution is -2.55. The lowest BCUT2D eigenvalue weighted by atomic mass is 9.95. The number of nitrogens with one attached hydrogen (secondary N) is 1. The van der Waals surface area contributed by atoms with Crippen LogP contribution in [0.1, 0.15) is 19.4 Å². The number of alkyl halides is 3. The summed E-state index contributed by atoms with van der Waals surface area (Å²) in [4.78, 5) is 27.9. The fourth-order valence-corrected chi connectivity index (χ4v) is 7.24. The molecule has 15 heteroatoms. The highest BCUT2D eigenvalue weighted by Crippen LogP contribution is 2.49. The molecule has 0 amide bonds. The van der Waals surface area contributed by atoms with E-state index in [0.717, 1.165) is 23.9 Å². The van der Waals surface area contributed by atoms with Crippen molar-refractivity contribution in [2.45, 2.75) is 49.7 Å². The lowest BCUT2D eigenvalue weighted by molar-refractivity contribution is -0.137. The topological polar surface area (TPSA) is 85.2 Å². The number of hydrogen-bond donors (Lipinski definition) is 1. The third-order valence-corrected chi connectivity index (χ3v) is 9.09. The van der Waals surface area contributed by atoms with Crippen molar-refractivity contribution < 1.29 is 26.7 Å². The first-order valence-electron chi connectivity index (χ1n) is 13.3. The first-order valence-corrected chi connectivity index (χ1v) is 15.1. The molecule has 226 valence electrons. The van der Waals surface area contributed by atoms with Gasteiger partial charge in [-0.05, 0) is 48.0 Å². The van der Waals surface area contributed by atoms with Gasteiger partial charge < -0.3 is 15.0 Å². The van der Waals surface area contributed by atoms with Crippen molar-refractivity contribution in [1.82, 2.24) is 24.8 Å². The van der Waals surface area contributed by atoms with Gasteiger partial charge in [-0.25, -0.2) is 23.5 Å². The molecule has 6 rings (SSSR count). The van der Waals surface area contributed by atoms with Gasteiger partial charge in [-0.15, -0.1) is 11.8 Å². The minimum absolute atomic E-state index is 0.0132. The van der Waals surface area contributed by atoms with Crippen molar-refractivity contribution in [2.75, 3.05) is 23.7 Å². The number of rotatable bonds is 4. The predicted molar refractivity (Wildman–Crippen MR) is 156 cm³/mol. The molecule has 4 heterocycles. The summed E-state index contributed by atoms with van der Waals surface area (Å²) < 4.78 is 81.2. The lowest BCUT2D eigenvalue weighted by Gasteiger charge is -2.37. The second-order valence-corrected chi connectivity index (χ2v) is 12.4. The fourth-order valence-electron chi connectivity index (χ4n) is 5.65. The summed E-state index contributed by atoms with van der Waals surface area (Å²) in [5, 5.41) is 3.46. The van der Waals surface area contributed by atoms with Gasteiger partial charge in [-0.1, -0.05) is 0 Å². The van der Waals surface area contributed by atoms with Gasteiger partial charge in [-0.2, -0.15) is 18.2 Å². The summed E-state index contributed by atoms with van der Waals surface area (Å²) in [5.41, 5.74) is -2.61. The number of nitrogens with zero attached hydrogens (tertiary/aromatic N) is 5. The Kier molecular flexibility index (Phi) is 7.84. The molecule has 0 bridgehead atoms. The van der Waals surface area contributed by atoms with Crippen LogP contribution in [0.25, 0.3) is 22.0 Å². The van der Waals surface area contributed by atoms with Crippen LogP contribution in [0.15, 0.2) is 50.8 Å². The van der Waals surface area contributed by atoms with E-state index in [1.807, 2.05) is 13.8 Å². The van der Waals surface area contributed by atoms with Gasteiger partial charge in [0.15, 0.2) is 0 Å². The maximum atomic E-state index is 15.3. The van der Waals surface area contributed by atoms with Crippen LogP contribution < -0.4 is 20.6 Å². The molecular formula is C28H24BrF5N6O2S. The Bertz CT molecular complexity index is 1760. The van der Waals surface area contributed by atoms with Crippen LogP contribution in [0.5, 0.6) is 6.01 Å². The highest BCUT2D eigenvalue weighted by molar-refractivity contribution is 9.10. The number of aromatic nitrogens is 4. The van der Waals surface area contributed by atoms with E-state index < -0.39 is 46.3 Å². The zero-order valence-electron chi connectivity index (χ0n) is 22.8. The fraction of sp³-hybridized carbons (Fsp3) is 0.357. The number of anilines is 1. The standard InChI is InChI=1S/C28H24BrF5N6O2S/c1-13-9-39(10-14(2)37-13)25-17-6-18(28(32,33)34)22(16-7-19(29)21(31)8-20(16)30)24-23(17)40(27(41)38-25)11-15(12-43-24)42-26-35-4-3-5-36-26/h3-8,13-15,37H,9-12H2,1-2H3/t13-,14+,15-/m0/s1. The van der Waals surface area contributed by atoms with Crippen molar-refractivity contribution in [3.8, 4) is 17.1 Å². The predicted octanol–water partition coefficient (Wildman–Crippen LogP) is 5.65. The van der Waals surface area contributed by atoms with E-state index in [-0.39, 0.29) is 56.5 Å². The molecule has 0 unspecified atom stereocenters. The van der Waals surface area contributed by atoms with Crippen LogP contribution in [0.2, 0.25) is 0 Å². The van der Waals surface area contributed by atoms with Crippen LogP contribution in [0.4, 0.5) is 27.8 Å². The van der Waals surface area contributed by atoms with Crippen molar-refractivity contribution in [3.05, 3.63) is 68.8 Å². The Morgan fingerprint density at radius 1 is 1.05 bits per heavy atom. The Labute approximate surface area is 254 Å². The van der Waals surface area contributed by atoms with Crippen molar-refractivity contribution in [1.29, 1.82) is 0 Å². The molecule has 0 aliphatic carbocycles. The van der Waals surface area contributed by atoms with E-state index in [2.05, 4.69) is 36.2 Å². The van der Waals surface area contributed by atoms with Crippen LogP contribution >= 0.6 is 27.7 Å². The third kappa shape index (κ3) is 5.69. The van der Waals surface area contributed by atoms with Gasteiger partial charge in [-0.3, -0.25) is 4.57 Å². The second-order valence-electron chi connectivity index (χ2n) is 10.6. The molecule has 0 saturated carbocycles. The molecule has 1 saturated heterocycles. The smallest absolute Gasteiger partial charge is 0.417 e. The number of halogens is 6. The Hall–Kier alpha value is -3.30. The van der Waals surface area contributed by atoms with E-state index in [1.165, 1.54) is 17.0 Å². The first kappa shape index (κ1) is 29.8. The number of thioether (sulfide) groups is 1.